The van der Waals surface area contributed by atoms with Crippen LogP contribution in [0.25, 0.3) is 0 Å². The number of aromatic nitrogens is 2. The van der Waals surface area contributed by atoms with Crippen LogP contribution in [0.4, 0.5) is 13.2 Å². The number of halogens is 3. The molecule has 30 heavy (non-hydrogen) atoms. The number of hydrogen-bond acceptors (Lipinski definition) is 7. The van der Waals surface area contributed by atoms with Gasteiger partial charge >= 0.3 is 18.2 Å². The van der Waals surface area contributed by atoms with Crippen molar-refractivity contribution >= 4 is 5.97 Å². The topological polar surface area (TPSA) is 79.8 Å². The molecule has 2 rings (SSSR count). The third-order valence-electron chi connectivity index (χ3n) is 4.05. The second-order valence-electron chi connectivity index (χ2n) is 6.92. The minimum absolute atomic E-state index is 0.0800. The van der Waals surface area contributed by atoms with E-state index < -0.39 is 17.8 Å². The van der Waals surface area contributed by atoms with Crippen LogP contribution < -0.4 is 9.47 Å². The maximum Gasteiger partial charge on any atom is 0.433 e. The molecular weight excluding hydrogens is 405 g/mol. The third-order valence-corrected chi connectivity index (χ3v) is 4.05. The van der Waals surface area contributed by atoms with Gasteiger partial charge in [-0.3, -0.25) is 0 Å². The van der Waals surface area contributed by atoms with E-state index in [1.165, 1.54) is 33.0 Å². The van der Waals surface area contributed by atoms with Gasteiger partial charge in [0.2, 0.25) is 5.88 Å². The molecule has 1 aliphatic rings. The second kappa shape index (κ2) is 12.9. The van der Waals surface area contributed by atoms with Gasteiger partial charge < -0.3 is 18.9 Å². The third kappa shape index (κ3) is 10.3. The first-order valence-corrected chi connectivity index (χ1v) is 9.68. The lowest BCUT2D eigenvalue weighted by molar-refractivity contribution is -0.141. The largest absolute Gasteiger partial charge is 0.504 e. The van der Waals surface area contributed by atoms with E-state index in [9.17, 15) is 18.0 Å². The Morgan fingerprint density at radius 1 is 1.20 bits per heavy atom. The van der Waals surface area contributed by atoms with E-state index in [0.717, 1.165) is 31.7 Å². The molecule has 1 aromatic rings. The van der Waals surface area contributed by atoms with Gasteiger partial charge in [0.15, 0.2) is 5.69 Å². The lowest BCUT2D eigenvalue weighted by Gasteiger charge is -2.21. The highest BCUT2D eigenvalue weighted by atomic mass is 19.4. The Bertz CT molecular complexity index is 675. The first-order valence-electron chi connectivity index (χ1n) is 9.68. The predicted octanol–water partition coefficient (Wildman–Crippen LogP) is 4.56. The van der Waals surface area contributed by atoms with Gasteiger partial charge in [0.05, 0.1) is 39.3 Å². The molecule has 0 aliphatic heterocycles. The van der Waals surface area contributed by atoms with Gasteiger partial charge in [-0.05, 0) is 32.6 Å². The molecule has 0 unspecified atom stereocenters. The summed E-state index contributed by atoms with van der Waals surface area (Å²) in [5.41, 5.74) is -1.04. The van der Waals surface area contributed by atoms with E-state index in [0.29, 0.717) is 12.5 Å². The number of esters is 1. The molecule has 1 fully saturated rings. The van der Waals surface area contributed by atoms with Crippen molar-refractivity contribution in [2.75, 3.05) is 20.8 Å². The molecule has 1 aromatic heterocycles. The van der Waals surface area contributed by atoms with E-state index in [-0.39, 0.29) is 18.0 Å². The molecule has 0 radical (unpaired) electrons. The Kier molecular flexibility index (Phi) is 11.0. The van der Waals surface area contributed by atoms with Crippen molar-refractivity contribution in [1.82, 2.24) is 9.97 Å². The lowest BCUT2D eigenvalue weighted by Crippen LogP contribution is -2.18. The highest BCUT2D eigenvalue weighted by Gasteiger charge is 2.34. The van der Waals surface area contributed by atoms with Gasteiger partial charge in [-0.2, -0.15) is 23.1 Å². The number of hydrogen-bond donors (Lipinski definition) is 0. The fraction of sp³-hybridized carbons (Fsp3) is 0.650. The minimum atomic E-state index is -4.55. The van der Waals surface area contributed by atoms with E-state index in [1.54, 1.807) is 13.8 Å². The maximum absolute atomic E-state index is 12.9. The monoisotopic (exact) mass is 434 g/mol. The average molecular weight is 434 g/mol. The molecule has 0 N–H and O–H groups in total. The van der Waals surface area contributed by atoms with E-state index in [4.69, 9.17) is 9.47 Å². The molecule has 10 heteroatoms. The molecule has 0 amide bonds. The lowest BCUT2D eigenvalue weighted by atomic mass is 9.90. The summed E-state index contributed by atoms with van der Waals surface area (Å²) in [7, 11) is 2.77. The van der Waals surface area contributed by atoms with Crippen molar-refractivity contribution in [3.8, 4) is 11.9 Å². The first-order chi connectivity index (χ1) is 14.2. The van der Waals surface area contributed by atoms with E-state index in [2.05, 4.69) is 19.4 Å². The molecule has 0 bridgehead atoms. The maximum atomic E-state index is 12.9. The fourth-order valence-corrected chi connectivity index (χ4v) is 2.64. The summed E-state index contributed by atoms with van der Waals surface area (Å²) >= 11 is 0. The van der Waals surface area contributed by atoms with Gasteiger partial charge in [0.1, 0.15) is 0 Å². The van der Waals surface area contributed by atoms with Crippen molar-refractivity contribution in [2.45, 2.75) is 58.2 Å². The molecule has 0 atom stereocenters. The standard InChI is InChI=1S/C15H21F3N2O2.C5H8O3/c1-10(2)22-14-19-12(15(16,17)18)8-13(20-14)21-9-11-6-4-3-5-7-11;1-7-4-3-5(6)8-2/h8,10-11H,3-7,9H2,1-2H3;3-4H,1-2H3/b;4-3+. The van der Waals surface area contributed by atoms with Crippen LogP contribution in [0.5, 0.6) is 11.9 Å². The zero-order chi connectivity index (χ0) is 22.6. The molecule has 1 aliphatic carbocycles. The Hall–Kier alpha value is -2.52. The molecule has 170 valence electrons. The van der Waals surface area contributed by atoms with Gasteiger partial charge in [-0.15, -0.1) is 0 Å². The van der Waals surface area contributed by atoms with E-state index >= 15 is 0 Å². The summed E-state index contributed by atoms with van der Waals surface area (Å²) in [5.74, 6) is -0.108. The van der Waals surface area contributed by atoms with Crippen LogP contribution in [0.1, 0.15) is 51.6 Å². The minimum Gasteiger partial charge on any atom is -0.504 e. The summed E-state index contributed by atoms with van der Waals surface area (Å²) in [6, 6.07) is 0.527. The van der Waals surface area contributed by atoms with Crippen LogP contribution in [0.2, 0.25) is 0 Å². The Balaban J connectivity index is 0.000000479. The Morgan fingerprint density at radius 2 is 1.87 bits per heavy atom. The summed E-state index contributed by atoms with van der Waals surface area (Å²) < 4.78 is 58.0. The molecule has 0 saturated heterocycles. The van der Waals surface area contributed by atoms with Crippen LogP contribution in [0.3, 0.4) is 0 Å². The van der Waals surface area contributed by atoms with Crippen LogP contribution in [0, 0.1) is 5.92 Å². The van der Waals surface area contributed by atoms with Gasteiger partial charge in [-0.25, -0.2) is 4.79 Å². The predicted molar refractivity (Wildman–Crippen MR) is 103 cm³/mol. The highest BCUT2D eigenvalue weighted by molar-refractivity contribution is 5.81. The zero-order valence-corrected chi connectivity index (χ0v) is 17.7. The molecule has 1 saturated carbocycles. The van der Waals surface area contributed by atoms with Crippen LogP contribution in [-0.2, 0) is 20.4 Å². The number of nitrogens with zero attached hydrogens (tertiary/aromatic N) is 2. The van der Waals surface area contributed by atoms with Crippen molar-refractivity contribution in [2.24, 2.45) is 5.92 Å². The van der Waals surface area contributed by atoms with Crippen LogP contribution in [0.15, 0.2) is 18.4 Å². The Labute approximate surface area is 174 Å². The number of carbonyl (C=O) groups is 1. The van der Waals surface area contributed by atoms with Crippen molar-refractivity contribution in [3.05, 3.63) is 24.1 Å². The van der Waals surface area contributed by atoms with Gasteiger partial charge in [-0.1, -0.05) is 19.3 Å². The SMILES string of the molecule is CC(C)Oc1nc(OCC2CCCCC2)cc(C(F)(F)F)n1.CO/C=C/C(=O)OC. The molecular formula is C20H29F3N2O5. The molecule has 0 spiro atoms. The van der Waals surface area contributed by atoms with E-state index in [1.807, 2.05) is 0 Å². The first kappa shape index (κ1) is 25.5. The Morgan fingerprint density at radius 3 is 2.40 bits per heavy atom. The number of alkyl halides is 3. The molecule has 0 aromatic carbocycles. The molecule has 1 heterocycles. The smallest absolute Gasteiger partial charge is 0.433 e. The normalized spacial score (nSPS) is 14.8. The second-order valence-corrected chi connectivity index (χ2v) is 6.92. The number of methoxy groups -OCH3 is 2. The van der Waals surface area contributed by atoms with Crippen LogP contribution in [-0.4, -0.2) is 42.9 Å². The van der Waals surface area contributed by atoms with Crippen molar-refractivity contribution in [1.29, 1.82) is 0 Å². The fourth-order valence-electron chi connectivity index (χ4n) is 2.64. The molecule has 7 nitrogen and oxygen atoms in total. The summed E-state index contributed by atoms with van der Waals surface area (Å²) in [5, 5.41) is 0. The van der Waals surface area contributed by atoms with Gasteiger partial charge in [0.25, 0.3) is 0 Å². The highest BCUT2D eigenvalue weighted by Crippen LogP contribution is 2.31. The van der Waals surface area contributed by atoms with Crippen LogP contribution >= 0.6 is 0 Å². The quantitative estimate of drug-likeness (QED) is 0.354. The van der Waals surface area contributed by atoms with Crippen molar-refractivity contribution < 1.29 is 36.9 Å². The summed E-state index contributed by atoms with van der Waals surface area (Å²) in [6.45, 7) is 3.79. The summed E-state index contributed by atoms with van der Waals surface area (Å²) in [6.07, 6.45) is 3.19. The number of carbonyl (C=O) groups excluding carboxylic acids is 1. The van der Waals surface area contributed by atoms with Crippen molar-refractivity contribution in [3.63, 3.8) is 0 Å². The summed E-state index contributed by atoms with van der Waals surface area (Å²) in [4.78, 5) is 17.5. The average Bonchev–Trinajstić information content (AvgIpc) is 2.70. The zero-order valence-electron chi connectivity index (χ0n) is 17.7. The van der Waals surface area contributed by atoms with Gasteiger partial charge in [0, 0.05) is 6.07 Å². The number of rotatable bonds is 7. The number of ether oxygens (including phenoxy) is 4.